The van der Waals surface area contributed by atoms with Gasteiger partial charge in [0.25, 0.3) is 0 Å². The number of anilines is 3. The second-order valence-corrected chi connectivity index (χ2v) is 14.7. The predicted octanol–water partition coefficient (Wildman–Crippen LogP) is 14.5. The largest absolute Gasteiger partial charge is 0.456 e. The van der Waals surface area contributed by atoms with E-state index in [2.05, 4.69) is 169 Å². The lowest BCUT2D eigenvalue weighted by atomic mass is 9.99. The molecule has 2 heterocycles. The Hall–Kier alpha value is -6.75. The fourth-order valence-electron chi connectivity index (χ4n) is 7.78. The van der Waals surface area contributed by atoms with Gasteiger partial charge in [0.2, 0.25) is 0 Å². The summed E-state index contributed by atoms with van der Waals surface area (Å²) in [6.07, 6.45) is 0. The Morgan fingerprint density at radius 2 is 1.06 bits per heavy atom. The van der Waals surface area contributed by atoms with E-state index in [1.54, 1.807) is 11.3 Å². The first-order chi connectivity index (χ1) is 26.2. The number of furan rings is 1. The molecule has 0 saturated carbocycles. The van der Waals surface area contributed by atoms with Crippen molar-refractivity contribution >= 4 is 92.9 Å². The van der Waals surface area contributed by atoms with Crippen LogP contribution in [0.4, 0.5) is 17.1 Å². The maximum Gasteiger partial charge on any atom is 0.137 e. The van der Waals surface area contributed by atoms with Crippen LogP contribution in [0.25, 0.3) is 86.2 Å². The molecule has 0 unspecified atom stereocenters. The van der Waals surface area contributed by atoms with E-state index in [9.17, 15) is 0 Å². The van der Waals surface area contributed by atoms with Crippen molar-refractivity contribution in [3.63, 3.8) is 0 Å². The first kappa shape index (κ1) is 29.9. The Balaban J connectivity index is 1.07. The zero-order valence-corrected chi connectivity index (χ0v) is 29.3. The van der Waals surface area contributed by atoms with Gasteiger partial charge in [-0.25, -0.2) is 4.98 Å². The van der Waals surface area contributed by atoms with Crippen LogP contribution in [0.2, 0.25) is 0 Å². The first-order valence-corrected chi connectivity index (χ1v) is 18.7. The number of rotatable bonds is 5. The molecule has 0 saturated heterocycles. The predicted molar refractivity (Wildman–Crippen MR) is 225 cm³/mol. The van der Waals surface area contributed by atoms with Crippen LogP contribution < -0.4 is 4.90 Å². The van der Waals surface area contributed by atoms with Crippen LogP contribution in [0.1, 0.15) is 0 Å². The lowest BCUT2D eigenvalue weighted by Crippen LogP contribution is -2.09. The molecule has 0 N–H and O–H groups in total. The summed E-state index contributed by atoms with van der Waals surface area (Å²) in [4.78, 5) is 7.37. The van der Waals surface area contributed by atoms with E-state index in [0.29, 0.717) is 0 Å². The van der Waals surface area contributed by atoms with Gasteiger partial charge in [0, 0.05) is 39.5 Å². The smallest absolute Gasteiger partial charge is 0.137 e. The summed E-state index contributed by atoms with van der Waals surface area (Å²) in [6, 6.07) is 65.2. The number of fused-ring (bicyclic) bond motifs is 8. The van der Waals surface area contributed by atoms with Crippen molar-refractivity contribution < 1.29 is 4.42 Å². The Morgan fingerprint density at radius 1 is 0.396 bits per heavy atom. The monoisotopic (exact) mass is 694 g/mol. The third-order valence-corrected chi connectivity index (χ3v) is 11.5. The van der Waals surface area contributed by atoms with E-state index >= 15 is 0 Å². The third kappa shape index (κ3) is 5.07. The van der Waals surface area contributed by atoms with Crippen LogP contribution in [-0.4, -0.2) is 4.98 Å². The van der Waals surface area contributed by atoms with Crippen LogP contribution in [0.5, 0.6) is 0 Å². The molecule has 0 spiro atoms. The summed E-state index contributed by atoms with van der Waals surface area (Å²) in [5.41, 5.74) is 9.51. The molecule has 0 fully saturated rings. The quantitative estimate of drug-likeness (QED) is 0.168. The van der Waals surface area contributed by atoms with Gasteiger partial charge in [-0.1, -0.05) is 115 Å². The molecule has 4 heteroatoms. The number of benzene rings is 9. The molecule has 0 bridgehead atoms. The number of hydrogen-bond acceptors (Lipinski definition) is 4. The minimum atomic E-state index is 0.870. The standard InChI is InChI=1S/C49H30N2OS/c1-2-9-34(10-3-1)49-50-45-27-37-17-15-33-20-23-39(28-43(33)44(37)30-48(45)53-49)51(40-24-25-42-41-12-6-7-13-46(41)52-47(42)29-40)38-21-18-32(19-22-38)36-16-14-31-8-4-5-11-35(31)26-36/h1-30H. The Morgan fingerprint density at radius 3 is 1.96 bits per heavy atom. The van der Waals surface area contributed by atoms with Crippen LogP contribution in [0, 0.1) is 0 Å². The molecule has 0 radical (unpaired) electrons. The lowest BCUT2D eigenvalue weighted by Gasteiger charge is -2.26. The molecule has 0 aliphatic rings. The molecule has 0 amide bonds. The summed E-state index contributed by atoms with van der Waals surface area (Å²) in [5, 5.41) is 10.6. The van der Waals surface area contributed by atoms with Crippen molar-refractivity contribution in [1.29, 1.82) is 0 Å². The molecule has 3 nitrogen and oxygen atoms in total. The van der Waals surface area contributed by atoms with Crippen molar-refractivity contribution in [2.24, 2.45) is 0 Å². The van der Waals surface area contributed by atoms with Gasteiger partial charge in [0.15, 0.2) is 0 Å². The van der Waals surface area contributed by atoms with Gasteiger partial charge in [0.1, 0.15) is 16.2 Å². The fraction of sp³-hybridized carbons (Fsp3) is 0. The SMILES string of the molecule is c1ccc(-c2nc3cc4ccc5ccc(N(c6ccc(-c7ccc8ccccc8c7)cc6)c6ccc7c(c6)oc6ccccc67)cc5c4cc3s2)cc1. The fourth-order valence-corrected chi connectivity index (χ4v) is 8.77. The summed E-state index contributed by atoms with van der Waals surface area (Å²) in [5.74, 6) is 0. The molecule has 53 heavy (non-hydrogen) atoms. The van der Waals surface area contributed by atoms with Gasteiger partial charge in [-0.15, -0.1) is 11.3 Å². The van der Waals surface area contributed by atoms with Crippen molar-refractivity contribution in [1.82, 2.24) is 4.98 Å². The Bertz CT molecular complexity index is 3180. The molecule has 0 aliphatic heterocycles. The number of thiazole rings is 1. The zero-order valence-electron chi connectivity index (χ0n) is 28.5. The average Bonchev–Trinajstić information content (AvgIpc) is 3.81. The molecule has 2 aromatic heterocycles. The van der Waals surface area contributed by atoms with Crippen LogP contribution in [-0.2, 0) is 0 Å². The van der Waals surface area contributed by atoms with Crippen molar-refractivity contribution in [3.05, 3.63) is 182 Å². The minimum Gasteiger partial charge on any atom is -0.456 e. The highest BCUT2D eigenvalue weighted by Gasteiger charge is 2.18. The highest BCUT2D eigenvalue weighted by atomic mass is 32.1. The molecular weight excluding hydrogens is 665 g/mol. The van der Waals surface area contributed by atoms with Crippen LogP contribution in [0.3, 0.4) is 0 Å². The van der Waals surface area contributed by atoms with Crippen molar-refractivity contribution in [3.8, 4) is 21.7 Å². The highest BCUT2D eigenvalue weighted by molar-refractivity contribution is 7.21. The van der Waals surface area contributed by atoms with Gasteiger partial charge in [-0.2, -0.15) is 0 Å². The van der Waals surface area contributed by atoms with Crippen molar-refractivity contribution in [2.45, 2.75) is 0 Å². The average molecular weight is 695 g/mol. The van der Waals surface area contributed by atoms with Crippen molar-refractivity contribution in [2.75, 3.05) is 4.90 Å². The van der Waals surface area contributed by atoms with E-state index in [-0.39, 0.29) is 0 Å². The van der Waals surface area contributed by atoms with Crippen LogP contribution in [0.15, 0.2) is 186 Å². The van der Waals surface area contributed by atoms with Gasteiger partial charge >= 0.3 is 0 Å². The van der Waals surface area contributed by atoms with Gasteiger partial charge in [0.05, 0.1) is 10.2 Å². The molecule has 0 atom stereocenters. The number of para-hydroxylation sites is 1. The minimum absolute atomic E-state index is 0.870. The van der Waals surface area contributed by atoms with Gasteiger partial charge in [-0.3, -0.25) is 0 Å². The summed E-state index contributed by atoms with van der Waals surface area (Å²) >= 11 is 1.75. The van der Waals surface area contributed by atoms with Gasteiger partial charge < -0.3 is 9.32 Å². The Labute approximate surface area is 309 Å². The maximum absolute atomic E-state index is 6.40. The number of aromatic nitrogens is 1. The first-order valence-electron chi connectivity index (χ1n) is 17.9. The lowest BCUT2D eigenvalue weighted by molar-refractivity contribution is 0.669. The summed E-state index contributed by atoms with van der Waals surface area (Å²) in [6.45, 7) is 0. The van der Waals surface area contributed by atoms with Crippen LogP contribution >= 0.6 is 11.3 Å². The topological polar surface area (TPSA) is 29.3 Å². The van der Waals surface area contributed by atoms with E-state index in [4.69, 9.17) is 9.40 Å². The van der Waals surface area contributed by atoms with E-state index < -0.39 is 0 Å². The molecule has 248 valence electrons. The summed E-state index contributed by atoms with van der Waals surface area (Å²) in [7, 11) is 0. The Kier molecular flexibility index (Phi) is 6.73. The second kappa shape index (κ2) is 11.9. The highest BCUT2D eigenvalue weighted by Crippen LogP contribution is 2.42. The maximum atomic E-state index is 6.40. The van der Waals surface area contributed by atoms with E-state index in [0.717, 1.165) is 55.1 Å². The number of nitrogens with zero attached hydrogens (tertiary/aromatic N) is 2. The zero-order chi connectivity index (χ0) is 34.9. The molecule has 9 aromatic carbocycles. The van der Waals surface area contributed by atoms with E-state index in [1.807, 2.05) is 18.2 Å². The molecular formula is C49H30N2OS. The normalized spacial score (nSPS) is 11.8. The summed E-state index contributed by atoms with van der Waals surface area (Å²) < 4.78 is 7.58. The molecule has 11 aromatic rings. The van der Waals surface area contributed by atoms with Gasteiger partial charge in [-0.05, 0) is 104 Å². The van der Waals surface area contributed by atoms with E-state index in [1.165, 1.54) is 48.1 Å². The number of hydrogen-bond donors (Lipinski definition) is 0. The molecule has 11 rings (SSSR count). The molecule has 0 aliphatic carbocycles. The third-order valence-electron chi connectivity index (χ3n) is 10.4. The second-order valence-electron chi connectivity index (χ2n) is 13.6.